The predicted molar refractivity (Wildman–Crippen MR) is 110 cm³/mol. The molecule has 0 unspecified atom stereocenters. The zero-order chi connectivity index (χ0) is 20.4. The van der Waals surface area contributed by atoms with Crippen LogP contribution in [0.4, 0.5) is 0 Å². The monoisotopic (exact) mass is 391 g/mol. The third kappa shape index (κ3) is 3.31. The highest BCUT2D eigenvalue weighted by Gasteiger charge is 2.13. The molecule has 0 N–H and O–H groups in total. The third-order valence-electron chi connectivity index (χ3n) is 4.72. The Labute approximate surface area is 168 Å². The Morgan fingerprint density at radius 1 is 0.655 bits per heavy atom. The number of rotatable bonds is 6. The maximum absolute atomic E-state index is 5.43. The van der Waals surface area contributed by atoms with Crippen LogP contribution in [0.5, 0.6) is 23.0 Å². The topological polar surface area (TPSA) is 67.1 Å². The third-order valence-corrected chi connectivity index (χ3v) is 4.72. The van der Waals surface area contributed by atoms with Crippen molar-refractivity contribution in [2.24, 2.45) is 0 Å². The number of benzene rings is 2. The molecule has 0 spiro atoms. The summed E-state index contributed by atoms with van der Waals surface area (Å²) in [4.78, 5) is 4.47. The smallest absolute Gasteiger partial charge is 0.161 e. The second-order valence-corrected chi connectivity index (χ2v) is 6.27. The van der Waals surface area contributed by atoms with E-state index in [1.807, 2.05) is 53.0 Å². The van der Waals surface area contributed by atoms with Gasteiger partial charge in [-0.05, 0) is 48.5 Å². The molecule has 148 valence electrons. The summed E-state index contributed by atoms with van der Waals surface area (Å²) in [6.45, 7) is 0. The Morgan fingerprint density at radius 2 is 1.24 bits per heavy atom. The average Bonchev–Trinajstić information content (AvgIpc) is 3.21. The minimum absolute atomic E-state index is 0.649. The Kier molecular flexibility index (Phi) is 4.95. The molecule has 0 radical (unpaired) electrons. The van der Waals surface area contributed by atoms with Crippen molar-refractivity contribution in [2.75, 3.05) is 28.4 Å². The largest absolute Gasteiger partial charge is 0.493 e. The molecule has 0 atom stereocenters. The van der Waals surface area contributed by atoms with Crippen molar-refractivity contribution in [3.8, 4) is 45.5 Å². The second kappa shape index (κ2) is 7.71. The lowest BCUT2D eigenvalue weighted by molar-refractivity contribution is 0.355. The first-order chi connectivity index (χ1) is 14.2. The van der Waals surface area contributed by atoms with E-state index >= 15 is 0 Å². The number of fused-ring (bicyclic) bond motifs is 1. The van der Waals surface area contributed by atoms with Gasteiger partial charge in [-0.3, -0.25) is 0 Å². The molecular weight excluding hydrogens is 370 g/mol. The van der Waals surface area contributed by atoms with Crippen LogP contribution >= 0.6 is 0 Å². The summed E-state index contributed by atoms with van der Waals surface area (Å²) >= 11 is 0. The lowest BCUT2D eigenvalue weighted by atomic mass is 10.1. The van der Waals surface area contributed by atoms with E-state index in [4.69, 9.17) is 24.0 Å². The van der Waals surface area contributed by atoms with Gasteiger partial charge in [0.05, 0.1) is 46.0 Å². The van der Waals surface area contributed by atoms with Gasteiger partial charge < -0.3 is 18.9 Å². The molecule has 0 saturated carbocycles. The Hall–Kier alpha value is -3.74. The number of imidazole rings is 1. The highest BCUT2D eigenvalue weighted by Crippen LogP contribution is 2.34. The fourth-order valence-electron chi connectivity index (χ4n) is 3.22. The van der Waals surface area contributed by atoms with Gasteiger partial charge in [0.25, 0.3) is 0 Å². The Balaban J connectivity index is 1.82. The molecule has 29 heavy (non-hydrogen) atoms. The number of hydrogen-bond donors (Lipinski definition) is 0. The highest BCUT2D eigenvalue weighted by molar-refractivity contribution is 5.69. The van der Waals surface area contributed by atoms with Crippen LogP contribution in [0.25, 0.3) is 28.2 Å². The summed E-state index contributed by atoms with van der Waals surface area (Å²) in [5.41, 5.74) is 4.23. The summed E-state index contributed by atoms with van der Waals surface area (Å²) in [5, 5.41) is 4.80. The second-order valence-electron chi connectivity index (χ2n) is 6.27. The van der Waals surface area contributed by atoms with E-state index < -0.39 is 0 Å². The molecule has 7 nitrogen and oxygen atoms in total. The first-order valence-corrected chi connectivity index (χ1v) is 8.98. The summed E-state index contributed by atoms with van der Waals surface area (Å²) in [5.74, 6) is 2.64. The molecule has 4 rings (SSSR count). The highest BCUT2D eigenvalue weighted by atomic mass is 16.5. The van der Waals surface area contributed by atoms with Crippen LogP contribution in [0.2, 0.25) is 0 Å². The van der Waals surface area contributed by atoms with Crippen molar-refractivity contribution in [3.05, 3.63) is 54.7 Å². The van der Waals surface area contributed by atoms with Gasteiger partial charge in [-0.1, -0.05) is 0 Å². The molecule has 0 saturated heterocycles. The van der Waals surface area contributed by atoms with Crippen molar-refractivity contribution in [1.82, 2.24) is 14.6 Å². The van der Waals surface area contributed by atoms with Crippen LogP contribution < -0.4 is 18.9 Å². The van der Waals surface area contributed by atoms with Gasteiger partial charge in [-0.15, -0.1) is 0 Å². The van der Waals surface area contributed by atoms with Gasteiger partial charge in [-0.2, -0.15) is 5.10 Å². The maximum atomic E-state index is 5.43. The predicted octanol–water partition coefficient (Wildman–Crippen LogP) is 4.10. The van der Waals surface area contributed by atoms with Gasteiger partial charge >= 0.3 is 0 Å². The van der Waals surface area contributed by atoms with Crippen molar-refractivity contribution < 1.29 is 18.9 Å². The Bertz CT molecular complexity index is 1170. The zero-order valence-corrected chi connectivity index (χ0v) is 16.7. The average molecular weight is 391 g/mol. The van der Waals surface area contributed by atoms with Crippen LogP contribution in [0.15, 0.2) is 54.7 Å². The maximum Gasteiger partial charge on any atom is 0.161 e. The number of nitrogens with zero attached hydrogens (tertiary/aromatic N) is 3. The molecule has 0 amide bonds. The summed E-state index contributed by atoms with van der Waals surface area (Å²) < 4.78 is 23.3. The molecular formula is C22H21N3O4. The quantitative estimate of drug-likeness (QED) is 0.493. The van der Waals surface area contributed by atoms with Gasteiger partial charge in [0.2, 0.25) is 0 Å². The fraction of sp³-hybridized carbons (Fsp3) is 0.182. The molecule has 0 bridgehead atoms. The SMILES string of the molecule is COc1ccc(-c2ccc3ncc(-c4ccc(OC)c(OC)c4)n3n2)cc1OC. The van der Waals surface area contributed by atoms with Gasteiger partial charge in [-0.25, -0.2) is 9.50 Å². The molecule has 0 fully saturated rings. The first kappa shape index (κ1) is 18.6. The molecule has 2 aromatic heterocycles. The van der Waals surface area contributed by atoms with E-state index in [9.17, 15) is 0 Å². The number of aromatic nitrogens is 3. The summed E-state index contributed by atoms with van der Waals surface area (Å²) in [6, 6.07) is 15.3. The minimum Gasteiger partial charge on any atom is -0.493 e. The normalized spacial score (nSPS) is 10.8. The number of hydrogen-bond acceptors (Lipinski definition) is 6. The molecule has 0 aliphatic heterocycles. The summed E-state index contributed by atoms with van der Waals surface area (Å²) in [7, 11) is 6.46. The van der Waals surface area contributed by atoms with Gasteiger partial charge in [0.1, 0.15) is 0 Å². The zero-order valence-electron chi connectivity index (χ0n) is 16.7. The molecule has 4 aromatic rings. The van der Waals surface area contributed by atoms with E-state index in [-0.39, 0.29) is 0 Å². The lowest BCUT2D eigenvalue weighted by Crippen LogP contribution is -1.98. The van der Waals surface area contributed by atoms with E-state index in [2.05, 4.69) is 4.98 Å². The van der Waals surface area contributed by atoms with Crippen molar-refractivity contribution in [1.29, 1.82) is 0 Å². The minimum atomic E-state index is 0.649. The van der Waals surface area contributed by atoms with Gasteiger partial charge in [0.15, 0.2) is 28.6 Å². The van der Waals surface area contributed by atoms with Crippen LogP contribution in [0, 0.1) is 0 Å². The van der Waals surface area contributed by atoms with E-state index in [1.54, 1.807) is 34.6 Å². The fourth-order valence-corrected chi connectivity index (χ4v) is 3.22. The van der Waals surface area contributed by atoms with Crippen LogP contribution in [0.1, 0.15) is 0 Å². The Morgan fingerprint density at radius 3 is 1.86 bits per heavy atom. The van der Waals surface area contributed by atoms with Crippen LogP contribution in [-0.4, -0.2) is 43.0 Å². The van der Waals surface area contributed by atoms with Gasteiger partial charge in [0, 0.05) is 11.1 Å². The van der Waals surface area contributed by atoms with Crippen molar-refractivity contribution in [2.45, 2.75) is 0 Å². The lowest BCUT2D eigenvalue weighted by Gasteiger charge is -2.11. The molecule has 7 heteroatoms. The molecule has 0 aliphatic carbocycles. The standard InChI is InChI=1S/C22H21N3O4/c1-26-18-8-5-14(11-20(18)28-3)16-7-10-22-23-13-17(25(22)24-16)15-6-9-19(27-2)21(12-15)29-4/h5-13H,1-4H3. The van der Waals surface area contributed by atoms with E-state index in [0.717, 1.165) is 28.2 Å². The van der Waals surface area contributed by atoms with Crippen molar-refractivity contribution >= 4 is 5.65 Å². The van der Waals surface area contributed by atoms with Crippen LogP contribution in [0.3, 0.4) is 0 Å². The molecule has 2 aromatic carbocycles. The number of ether oxygens (including phenoxy) is 4. The van der Waals surface area contributed by atoms with Crippen LogP contribution in [-0.2, 0) is 0 Å². The molecule has 2 heterocycles. The van der Waals surface area contributed by atoms with Crippen molar-refractivity contribution in [3.63, 3.8) is 0 Å². The van der Waals surface area contributed by atoms with E-state index in [0.29, 0.717) is 23.0 Å². The number of methoxy groups -OCH3 is 4. The first-order valence-electron chi connectivity index (χ1n) is 8.98. The molecule has 0 aliphatic rings. The summed E-state index contributed by atoms with van der Waals surface area (Å²) in [6.07, 6.45) is 1.79. The van der Waals surface area contributed by atoms with E-state index in [1.165, 1.54) is 0 Å².